The molecule has 0 saturated carbocycles. The van der Waals surface area contributed by atoms with Crippen molar-refractivity contribution in [2.45, 2.75) is 32.6 Å². The van der Waals surface area contributed by atoms with Crippen molar-refractivity contribution < 1.29 is 4.79 Å². The van der Waals surface area contributed by atoms with Gasteiger partial charge in [0.15, 0.2) is 0 Å². The zero-order chi connectivity index (χ0) is 15.1. The predicted molar refractivity (Wildman–Crippen MR) is 102 cm³/mol. The molecule has 1 aromatic heterocycles. The summed E-state index contributed by atoms with van der Waals surface area (Å²) < 4.78 is 0. The first-order chi connectivity index (χ1) is 10.1. The Morgan fingerprint density at radius 3 is 2.52 bits per heavy atom. The van der Waals surface area contributed by atoms with Crippen molar-refractivity contribution in [1.82, 2.24) is 10.3 Å². The van der Waals surface area contributed by atoms with Gasteiger partial charge in [0, 0.05) is 23.3 Å². The summed E-state index contributed by atoms with van der Waals surface area (Å²) in [6.45, 7) is 2.73. The molecule has 0 atom stereocenters. The van der Waals surface area contributed by atoms with Crippen LogP contribution >= 0.6 is 36.2 Å². The van der Waals surface area contributed by atoms with Gasteiger partial charge in [-0.1, -0.05) is 12.1 Å². The molecule has 0 bridgehead atoms. The SMILES string of the molecule is Cc1csc(CCCCNC(=O)Cc2ccc(N)cc2)n1.Cl.Cl. The van der Waals surface area contributed by atoms with Gasteiger partial charge in [-0.3, -0.25) is 4.79 Å². The molecule has 1 heterocycles. The molecule has 0 aliphatic carbocycles. The molecule has 0 saturated heterocycles. The molecule has 0 spiro atoms. The maximum absolute atomic E-state index is 11.8. The molecule has 0 radical (unpaired) electrons. The van der Waals surface area contributed by atoms with Crippen molar-refractivity contribution in [2.75, 3.05) is 12.3 Å². The number of unbranched alkanes of at least 4 members (excludes halogenated alkanes) is 1. The number of hydrogen-bond donors (Lipinski definition) is 2. The van der Waals surface area contributed by atoms with Crippen molar-refractivity contribution in [3.63, 3.8) is 0 Å². The maximum atomic E-state index is 11.8. The predicted octanol–water partition coefficient (Wildman–Crippen LogP) is 3.56. The van der Waals surface area contributed by atoms with E-state index in [0.29, 0.717) is 6.42 Å². The Balaban J connectivity index is 0.00000242. The third-order valence-corrected chi connectivity index (χ3v) is 4.18. The highest BCUT2D eigenvalue weighted by Gasteiger charge is 2.03. The molecule has 0 unspecified atom stereocenters. The summed E-state index contributed by atoms with van der Waals surface area (Å²) in [5.41, 5.74) is 8.41. The summed E-state index contributed by atoms with van der Waals surface area (Å²) >= 11 is 1.71. The number of carbonyl (C=O) groups is 1. The molecule has 0 fully saturated rings. The van der Waals surface area contributed by atoms with E-state index in [2.05, 4.69) is 15.7 Å². The maximum Gasteiger partial charge on any atom is 0.224 e. The Kier molecular flexibility index (Phi) is 10.6. The molecular formula is C16H23Cl2N3OS. The van der Waals surface area contributed by atoms with Crippen molar-refractivity contribution in [3.8, 4) is 0 Å². The average molecular weight is 376 g/mol. The Morgan fingerprint density at radius 1 is 1.22 bits per heavy atom. The molecule has 128 valence electrons. The largest absolute Gasteiger partial charge is 0.399 e. The highest BCUT2D eigenvalue weighted by atomic mass is 35.5. The van der Waals surface area contributed by atoms with Crippen LogP contribution in [0, 0.1) is 6.92 Å². The minimum Gasteiger partial charge on any atom is -0.399 e. The molecule has 2 rings (SSSR count). The first-order valence-electron chi connectivity index (χ1n) is 7.15. The number of benzene rings is 1. The van der Waals surface area contributed by atoms with Gasteiger partial charge in [-0.2, -0.15) is 0 Å². The summed E-state index contributed by atoms with van der Waals surface area (Å²) in [4.78, 5) is 16.2. The van der Waals surface area contributed by atoms with Crippen LogP contribution in [-0.2, 0) is 17.6 Å². The standard InChI is InChI=1S/C16H21N3OS.2ClH/c1-12-11-21-16(19-12)4-2-3-9-18-15(20)10-13-5-7-14(17)8-6-13;;/h5-8,11H,2-4,9-10,17H2,1H3,(H,18,20);2*1H. The van der Waals surface area contributed by atoms with Gasteiger partial charge in [-0.15, -0.1) is 36.2 Å². The summed E-state index contributed by atoms with van der Waals surface area (Å²) in [7, 11) is 0. The van der Waals surface area contributed by atoms with Crippen LogP contribution in [0.2, 0.25) is 0 Å². The number of nitrogens with two attached hydrogens (primary N) is 1. The molecule has 1 aromatic carbocycles. The van der Waals surface area contributed by atoms with E-state index >= 15 is 0 Å². The fourth-order valence-corrected chi connectivity index (χ4v) is 2.85. The monoisotopic (exact) mass is 375 g/mol. The number of nitrogens with one attached hydrogen (secondary N) is 1. The van der Waals surface area contributed by atoms with Crippen LogP contribution in [0.1, 0.15) is 29.1 Å². The second-order valence-electron chi connectivity index (χ2n) is 5.11. The number of rotatable bonds is 7. The van der Waals surface area contributed by atoms with Crippen LogP contribution in [0.15, 0.2) is 29.6 Å². The molecule has 4 nitrogen and oxygen atoms in total. The fourth-order valence-electron chi connectivity index (χ4n) is 2.03. The van der Waals surface area contributed by atoms with E-state index in [0.717, 1.165) is 42.8 Å². The first-order valence-corrected chi connectivity index (χ1v) is 8.03. The number of carbonyl (C=O) groups excluding carboxylic acids is 1. The second kappa shape index (κ2) is 11.3. The van der Waals surface area contributed by atoms with Gasteiger partial charge in [0.25, 0.3) is 0 Å². The lowest BCUT2D eigenvalue weighted by Gasteiger charge is -2.05. The smallest absolute Gasteiger partial charge is 0.224 e. The van der Waals surface area contributed by atoms with E-state index in [9.17, 15) is 4.79 Å². The van der Waals surface area contributed by atoms with Gasteiger partial charge in [0.05, 0.1) is 11.4 Å². The summed E-state index contributed by atoms with van der Waals surface area (Å²) in [5.74, 6) is 0.0601. The first kappa shape index (κ1) is 21.7. The highest BCUT2D eigenvalue weighted by Crippen LogP contribution is 2.11. The number of halogens is 2. The lowest BCUT2D eigenvalue weighted by atomic mass is 10.1. The normalized spacial score (nSPS) is 9.61. The average Bonchev–Trinajstić information content (AvgIpc) is 2.87. The van der Waals surface area contributed by atoms with Gasteiger partial charge in [-0.25, -0.2) is 4.98 Å². The third-order valence-electron chi connectivity index (χ3n) is 3.15. The zero-order valence-corrected chi connectivity index (χ0v) is 15.5. The Bertz CT molecular complexity index is 587. The van der Waals surface area contributed by atoms with E-state index in [1.165, 1.54) is 5.01 Å². The van der Waals surface area contributed by atoms with Crippen LogP contribution in [0.4, 0.5) is 5.69 Å². The molecule has 0 aliphatic heterocycles. The number of nitrogens with zero attached hydrogens (tertiary/aromatic N) is 1. The van der Waals surface area contributed by atoms with E-state index in [1.54, 1.807) is 11.3 Å². The number of nitrogen functional groups attached to an aromatic ring is 1. The van der Waals surface area contributed by atoms with E-state index < -0.39 is 0 Å². The minimum absolute atomic E-state index is 0. The van der Waals surface area contributed by atoms with Gasteiger partial charge in [-0.05, 0) is 43.9 Å². The summed E-state index contributed by atoms with van der Waals surface area (Å²) in [6, 6.07) is 7.41. The molecule has 23 heavy (non-hydrogen) atoms. The van der Waals surface area contributed by atoms with Crippen LogP contribution in [-0.4, -0.2) is 17.4 Å². The van der Waals surface area contributed by atoms with Gasteiger partial charge >= 0.3 is 0 Å². The van der Waals surface area contributed by atoms with Crippen LogP contribution in [0.3, 0.4) is 0 Å². The topological polar surface area (TPSA) is 68.0 Å². The second-order valence-corrected chi connectivity index (χ2v) is 6.05. The molecule has 1 amide bonds. The number of amides is 1. The van der Waals surface area contributed by atoms with E-state index in [1.807, 2.05) is 31.2 Å². The van der Waals surface area contributed by atoms with Crippen LogP contribution in [0.25, 0.3) is 0 Å². The lowest BCUT2D eigenvalue weighted by Crippen LogP contribution is -2.26. The lowest BCUT2D eigenvalue weighted by molar-refractivity contribution is -0.120. The Hall–Kier alpha value is -1.30. The number of anilines is 1. The number of hydrogen-bond acceptors (Lipinski definition) is 4. The highest BCUT2D eigenvalue weighted by molar-refractivity contribution is 7.09. The van der Waals surface area contributed by atoms with Gasteiger partial charge in [0.2, 0.25) is 5.91 Å². The molecule has 0 aliphatic rings. The minimum atomic E-state index is 0. The number of aryl methyl sites for hydroxylation is 2. The Labute approximate surface area is 153 Å². The molecule has 7 heteroatoms. The summed E-state index contributed by atoms with van der Waals surface area (Å²) in [5, 5.41) is 6.20. The van der Waals surface area contributed by atoms with Crippen molar-refractivity contribution in [3.05, 3.63) is 45.9 Å². The molecular weight excluding hydrogens is 353 g/mol. The van der Waals surface area contributed by atoms with E-state index in [4.69, 9.17) is 5.73 Å². The fraction of sp³-hybridized carbons (Fsp3) is 0.375. The molecule has 3 N–H and O–H groups in total. The number of aromatic nitrogens is 1. The molecule has 2 aromatic rings. The van der Waals surface area contributed by atoms with Gasteiger partial charge in [0.1, 0.15) is 0 Å². The number of thiazole rings is 1. The zero-order valence-electron chi connectivity index (χ0n) is 13.1. The van der Waals surface area contributed by atoms with Crippen LogP contribution in [0.5, 0.6) is 0 Å². The van der Waals surface area contributed by atoms with Gasteiger partial charge < -0.3 is 11.1 Å². The third kappa shape index (κ3) is 8.21. The quantitative estimate of drug-likeness (QED) is 0.574. The van der Waals surface area contributed by atoms with Crippen LogP contribution < -0.4 is 11.1 Å². The Morgan fingerprint density at radius 2 is 1.91 bits per heavy atom. The van der Waals surface area contributed by atoms with Crippen molar-refractivity contribution in [2.24, 2.45) is 0 Å². The summed E-state index contributed by atoms with van der Waals surface area (Å²) in [6.07, 6.45) is 3.43. The van der Waals surface area contributed by atoms with E-state index in [-0.39, 0.29) is 30.7 Å². The van der Waals surface area contributed by atoms with Crippen molar-refractivity contribution in [1.29, 1.82) is 0 Å². The van der Waals surface area contributed by atoms with Crippen molar-refractivity contribution >= 4 is 47.7 Å².